The highest BCUT2D eigenvalue weighted by atomic mass is 79.9. The van der Waals surface area contributed by atoms with Crippen molar-refractivity contribution in [2.75, 3.05) is 24.8 Å². The lowest BCUT2D eigenvalue weighted by Gasteiger charge is -2.10. The number of aromatic nitrogens is 4. The van der Waals surface area contributed by atoms with Crippen molar-refractivity contribution in [1.29, 1.82) is 0 Å². The maximum Gasteiger partial charge on any atom is 0.226 e. The number of benzene rings is 1. The van der Waals surface area contributed by atoms with Gasteiger partial charge in [0.15, 0.2) is 11.5 Å². The van der Waals surface area contributed by atoms with Crippen LogP contribution < -0.4 is 15.4 Å². The van der Waals surface area contributed by atoms with Gasteiger partial charge in [0.2, 0.25) is 5.95 Å². The zero-order valence-corrected chi connectivity index (χ0v) is 13.0. The van der Waals surface area contributed by atoms with Crippen LogP contribution in [0.25, 0.3) is 11.2 Å². The molecule has 2 aromatic heterocycles. The number of rotatable bonds is 4. The number of nitrogens with zero attached hydrogens (tertiary/aromatic N) is 3. The third-order valence-corrected chi connectivity index (χ3v) is 3.58. The minimum atomic E-state index is 0.501. The van der Waals surface area contributed by atoms with Crippen molar-refractivity contribution in [2.24, 2.45) is 0 Å². The Kier molecular flexibility index (Phi) is 3.61. The van der Waals surface area contributed by atoms with E-state index >= 15 is 0 Å². The SMILES string of the molecule is CNc1nc(Nc2ccc(Br)c(OC)c2)c2[nH]cnc2n1. The van der Waals surface area contributed by atoms with Gasteiger partial charge in [-0.2, -0.15) is 9.97 Å². The van der Waals surface area contributed by atoms with Crippen molar-refractivity contribution in [3.05, 3.63) is 29.0 Å². The molecule has 0 aliphatic rings. The summed E-state index contributed by atoms with van der Waals surface area (Å²) in [5.41, 5.74) is 2.20. The second-order valence-corrected chi connectivity index (χ2v) is 5.08. The number of ether oxygens (including phenoxy) is 1. The van der Waals surface area contributed by atoms with Crippen LogP contribution in [0.4, 0.5) is 17.5 Å². The molecule has 0 spiro atoms. The second kappa shape index (κ2) is 5.57. The maximum absolute atomic E-state index is 5.29. The number of nitrogens with one attached hydrogen (secondary N) is 3. The fraction of sp³-hybridized carbons (Fsp3) is 0.154. The Morgan fingerprint density at radius 3 is 2.90 bits per heavy atom. The highest BCUT2D eigenvalue weighted by molar-refractivity contribution is 9.10. The number of hydrogen-bond acceptors (Lipinski definition) is 6. The van der Waals surface area contributed by atoms with Gasteiger partial charge in [-0.25, -0.2) is 4.98 Å². The normalized spacial score (nSPS) is 10.6. The lowest BCUT2D eigenvalue weighted by molar-refractivity contribution is 0.412. The first-order valence-corrected chi connectivity index (χ1v) is 7.00. The summed E-state index contributed by atoms with van der Waals surface area (Å²) in [6, 6.07) is 5.72. The number of methoxy groups -OCH3 is 1. The van der Waals surface area contributed by atoms with Crippen LogP contribution in [0.5, 0.6) is 5.75 Å². The van der Waals surface area contributed by atoms with E-state index in [-0.39, 0.29) is 0 Å². The number of anilines is 3. The van der Waals surface area contributed by atoms with Crippen LogP contribution >= 0.6 is 15.9 Å². The Labute approximate surface area is 129 Å². The third-order valence-electron chi connectivity index (χ3n) is 2.92. The van der Waals surface area contributed by atoms with Crippen molar-refractivity contribution in [3.8, 4) is 5.75 Å². The van der Waals surface area contributed by atoms with Crippen LogP contribution in [0.1, 0.15) is 0 Å². The van der Waals surface area contributed by atoms with Gasteiger partial charge < -0.3 is 20.4 Å². The van der Waals surface area contributed by atoms with Crippen molar-refractivity contribution >= 4 is 44.5 Å². The van der Waals surface area contributed by atoms with E-state index in [9.17, 15) is 0 Å². The molecule has 21 heavy (non-hydrogen) atoms. The molecule has 0 saturated carbocycles. The fourth-order valence-electron chi connectivity index (χ4n) is 1.91. The third kappa shape index (κ3) is 2.62. The summed E-state index contributed by atoms with van der Waals surface area (Å²) in [5, 5.41) is 6.16. The monoisotopic (exact) mass is 348 g/mol. The highest BCUT2D eigenvalue weighted by Gasteiger charge is 2.10. The summed E-state index contributed by atoms with van der Waals surface area (Å²) in [6.07, 6.45) is 1.59. The van der Waals surface area contributed by atoms with E-state index in [2.05, 4.69) is 46.5 Å². The maximum atomic E-state index is 5.29. The van der Waals surface area contributed by atoms with Crippen molar-refractivity contribution < 1.29 is 4.74 Å². The molecule has 3 aromatic rings. The Balaban J connectivity index is 2.03. The highest BCUT2D eigenvalue weighted by Crippen LogP contribution is 2.30. The van der Waals surface area contributed by atoms with Crippen LogP contribution in [0.3, 0.4) is 0 Å². The van der Waals surface area contributed by atoms with E-state index in [0.717, 1.165) is 21.4 Å². The number of halogens is 1. The molecule has 0 atom stereocenters. The number of H-pyrrole nitrogens is 1. The molecule has 0 fully saturated rings. The van der Waals surface area contributed by atoms with E-state index in [4.69, 9.17) is 4.74 Å². The quantitative estimate of drug-likeness (QED) is 0.671. The molecule has 0 amide bonds. The summed E-state index contributed by atoms with van der Waals surface area (Å²) in [6.45, 7) is 0. The van der Waals surface area contributed by atoms with Gasteiger partial charge in [0, 0.05) is 18.8 Å². The molecule has 7 nitrogen and oxygen atoms in total. The van der Waals surface area contributed by atoms with Crippen LogP contribution in [-0.2, 0) is 0 Å². The first-order valence-electron chi connectivity index (χ1n) is 6.20. The Bertz CT molecular complexity index is 787. The van der Waals surface area contributed by atoms with Gasteiger partial charge in [0.25, 0.3) is 0 Å². The summed E-state index contributed by atoms with van der Waals surface area (Å²) >= 11 is 3.43. The number of hydrogen-bond donors (Lipinski definition) is 3. The van der Waals surface area contributed by atoms with Gasteiger partial charge in [0.1, 0.15) is 11.3 Å². The van der Waals surface area contributed by atoms with E-state index in [1.807, 2.05) is 18.2 Å². The van der Waals surface area contributed by atoms with Crippen molar-refractivity contribution in [2.45, 2.75) is 0 Å². The molecule has 2 heterocycles. The molecule has 0 radical (unpaired) electrons. The van der Waals surface area contributed by atoms with E-state index in [1.54, 1.807) is 20.5 Å². The first kappa shape index (κ1) is 13.6. The van der Waals surface area contributed by atoms with Crippen molar-refractivity contribution in [3.63, 3.8) is 0 Å². The predicted octanol–water partition coefficient (Wildman–Crippen LogP) is 2.91. The Morgan fingerprint density at radius 1 is 1.29 bits per heavy atom. The van der Waals surface area contributed by atoms with Gasteiger partial charge in [-0.05, 0) is 28.1 Å². The molecule has 0 bridgehead atoms. The van der Waals surface area contributed by atoms with Gasteiger partial charge in [0.05, 0.1) is 17.9 Å². The lowest BCUT2D eigenvalue weighted by Crippen LogP contribution is -2.02. The standard InChI is InChI=1S/C13H13BrN6O/c1-15-13-19-11-10(16-6-17-11)12(20-13)18-7-3-4-8(14)9(5-7)21-2/h3-6H,1-2H3,(H3,15,16,17,18,19,20). The summed E-state index contributed by atoms with van der Waals surface area (Å²) in [7, 11) is 3.39. The zero-order valence-electron chi connectivity index (χ0n) is 11.4. The summed E-state index contributed by atoms with van der Waals surface area (Å²) < 4.78 is 6.18. The Hall–Kier alpha value is -2.35. The fourth-order valence-corrected chi connectivity index (χ4v) is 2.32. The average molecular weight is 349 g/mol. The van der Waals surface area contributed by atoms with Gasteiger partial charge in [-0.1, -0.05) is 0 Å². The lowest BCUT2D eigenvalue weighted by atomic mass is 10.3. The first-order chi connectivity index (χ1) is 10.2. The van der Waals surface area contributed by atoms with E-state index in [0.29, 0.717) is 17.4 Å². The average Bonchev–Trinajstić information content (AvgIpc) is 2.97. The largest absolute Gasteiger partial charge is 0.495 e. The molecule has 8 heteroatoms. The van der Waals surface area contributed by atoms with Gasteiger partial charge in [-0.15, -0.1) is 0 Å². The molecular formula is C13H13BrN6O. The number of imidazole rings is 1. The molecule has 0 aliphatic heterocycles. The second-order valence-electron chi connectivity index (χ2n) is 4.22. The molecule has 3 N–H and O–H groups in total. The Morgan fingerprint density at radius 2 is 2.14 bits per heavy atom. The molecule has 0 saturated heterocycles. The summed E-state index contributed by atoms with van der Waals surface area (Å²) in [5.74, 6) is 1.89. The predicted molar refractivity (Wildman–Crippen MR) is 85.2 cm³/mol. The minimum absolute atomic E-state index is 0.501. The molecule has 0 aliphatic carbocycles. The van der Waals surface area contributed by atoms with Crippen molar-refractivity contribution in [1.82, 2.24) is 19.9 Å². The van der Waals surface area contributed by atoms with Gasteiger partial charge in [-0.3, -0.25) is 0 Å². The molecule has 3 rings (SSSR count). The van der Waals surface area contributed by atoms with E-state index in [1.165, 1.54) is 0 Å². The number of aromatic amines is 1. The van der Waals surface area contributed by atoms with Crippen LogP contribution in [0, 0.1) is 0 Å². The zero-order chi connectivity index (χ0) is 14.8. The summed E-state index contributed by atoms with van der Waals surface area (Å²) in [4.78, 5) is 15.9. The number of fused-ring (bicyclic) bond motifs is 1. The van der Waals surface area contributed by atoms with E-state index < -0.39 is 0 Å². The van der Waals surface area contributed by atoms with Crippen LogP contribution in [-0.4, -0.2) is 34.1 Å². The van der Waals surface area contributed by atoms with Crippen LogP contribution in [0.2, 0.25) is 0 Å². The van der Waals surface area contributed by atoms with Gasteiger partial charge >= 0.3 is 0 Å². The smallest absolute Gasteiger partial charge is 0.226 e. The minimum Gasteiger partial charge on any atom is -0.495 e. The molecular weight excluding hydrogens is 336 g/mol. The molecule has 108 valence electrons. The molecule has 0 unspecified atom stereocenters. The topological polar surface area (TPSA) is 87.8 Å². The molecule has 1 aromatic carbocycles. The van der Waals surface area contributed by atoms with Crippen LogP contribution in [0.15, 0.2) is 29.0 Å².